The molecule has 0 bridgehead atoms. The van der Waals surface area contributed by atoms with Crippen LogP contribution in [0.15, 0.2) is 0 Å². The van der Waals surface area contributed by atoms with Crippen molar-refractivity contribution in [2.75, 3.05) is 27.2 Å². The smallest absolute Gasteiger partial charge is 0.318 e. The van der Waals surface area contributed by atoms with Gasteiger partial charge >= 0.3 is 6.03 Å². The molecule has 0 aromatic heterocycles. The molecule has 0 aromatic carbocycles. The molecule has 1 unspecified atom stereocenters. The molecule has 1 aliphatic rings. The highest BCUT2D eigenvalue weighted by atomic mass is 16.2. The van der Waals surface area contributed by atoms with Gasteiger partial charge in [-0.25, -0.2) is 4.79 Å². The van der Waals surface area contributed by atoms with Gasteiger partial charge in [0.25, 0.3) is 5.91 Å². The second kappa shape index (κ2) is 4.20. The molecule has 3 N–H and O–H groups in total. The lowest BCUT2D eigenvalue weighted by atomic mass is 10.4. The summed E-state index contributed by atoms with van der Waals surface area (Å²) in [6, 6.07) is -0.425. The van der Waals surface area contributed by atoms with Crippen LogP contribution in [0.1, 0.15) is 0 Å². The molecule has 13 heavy (non-hydrogen) atoms. The molecule has 0 aliphatic carbocycles. The Morgan fingerprint density at radius 2 is 2.23 bits per heavy atom. The molecular formula is C7H14N4O2. The number of carbonyl (C=O) groups is 2. The van der Waals surface area contributed by atoms with Gasteiger partial charge in [0.1, 0.15) is 0 Å². The van der Waals surface area contributed by atoms with Gasteiger partial charge in [0.05, 0.1) is 0 Å². The van der Waals surface area contributed by atoms with Crippen LogP contribution >= 0.6 is 0 Å². The van der Waals surface area contributed by atoms with Gasteiger partial charge in [0.15, 0.2) is 6.17 Å². The van der Waals surface area contributed by atoms with E-state index in [2.05, 4.69) is 16.0 Å². The van der Waals surface area contributed by atoms with Gasteiger partial charge in [-0.15, -0.1) is 0 Å². The molecule has 1 saturated heterocycles. The fourth-order valence-electron chi connectivity index (χ4n) is 1.13. The van der Waals surface area contributed by atoms with Gasteiger partial charge in [-0.05, 0) is 14.1 Å². The number of urea groups is 1. The Morgan fingerprint density at radius 1 is 1.54 bits per heavy atom. The van der Waals surface area contributed by atoms with E-state index in [1.54, 1.807) is 11.9 Å². The molecular weight excluding hydrogens is 172 g/mol. The fraction of sp³-hybridized carbons (Fsp3) is 0.714. The van der Waals surface area contributed by atoms with E-state index in [1.807, 2.05) is 7.05 Å². The highest BCUT2D eigenvalue weighted by molar-refractivity contribution is 6.03. The number of carbonyl (C=O) groups excluding carboxylic acids is 2. The van der Waals surface area contributed by atoms with Gasteiger partial charge in [-0.2, -0.15) is 0 Å². The number of imide groups is 1. The first-order valence-electron chi connectivity index (χ1n) is 4.11. The quantitative estimate of drug-likeness (QED) is 0.458. The zero-order chi connectivity index (χ0) is 9.84. The Morgan fingerprint density at radius 3 is 2.69 bits per heavy atom. The van der Waals surface area contributed by atoms with Crippen LogP contribution in [0.4, 0.5) is 4.79 Å². The van der Waals surface area contributed by atoms with Crippen molar-refractivity contribution < 1.29 is 9.59 Å². The normalized spacial score (nSPS) is 21.9. The maximum Gasteiger partial charge on any atom is 0.323 e. The molecule has 6 nitrogen and oxygen atoms in total. The van der Waals surface area contributed by atoms with E-state index < -0.39 is 12.2 Å². The van der Waals surface area contributed by atoms with E-state index >= 15 is 0 Å². The largest absolute Gasteiger partial charge is 0.323 e. The molecule has 1 fully saturated rings. The lowest BCUT2D eigenvalue weighted by molar-refractivity contribution is -0.123. The lowest BCUT2D eigenvalue weighted by Crippen LogP contribution is -2.46. The van der Waals surface area contributed by atoms with Crippen molar-refractivity contribution in [1.29, 1.82) is 0 Å². The Labute approximate surface area is 76.7 Å². The summed E-state index contributed by atoms with van der Waals surface area (Å²) in [5.41, 5.74) is 0. The van der Waals surface area contributed by atoms with Crippen LogP contribution in [0.25, 0.3) is 0 Å². The third kappa shape index (κ3) is 2.40. The summed E-state index contributed by atoms with van der Waals surface area (Å²) in [5.74, 6) is -0.288. The summed E-state index contributed by atoms with van der Waals surface area (Å²) in [6.45, 7) is 1.48. The molecule has 0 radical (unpaired) electrons. The number of nitrogens with zero attached hydrogens (tertiary/aromatic N) is 1. The molecule has 1 atom stereocenters. The summed E-state index contributed by atoms with van der Waals surface area (Å²) in [4.78, 5) is 23.7. The molecule has 74 valence electrons. The molecule has 6 heteroatoms. The number of nitrogens with one attached hydrogen (secondary N) is 3. The van der Waals surface area contributed by atoms with E-state index in [4.69, 9.17) is 0 Å². The van der Waals surface area contributed by atoms with Crippen molar-refractivity contribution in [3.05, 3.63) is 0 Å². The van der Waals surface area contributed by atoms with Gasteiger partial charge in [0, 0.05) is 13.1 Å². The van der Waals surface area contributed by atoms with E-state index in [-0.39, 0.29) is 5.91 Å². The number of rotatable bonds is 4. The fourth-order valence-corrected chi connectivity index (χ4v) is 1.13. The molecule has 0 saturated carbocycles. The predicted molar refractivity (Wildman–Crippen MR) is 47.0 cm³/mol. The zero-order valence-electron chi connectivity index (χ0n) is 7.76. The highest BCUT2D eigenvalue weighted by Gasteiger charge is 2.32. The van der Waals surface area contributed by atoms with Crippen LogP contribution in [0, 0.1) is 0 Å². The molecule has 0 aromatic rings. The third-order valence-corrected chi connectivity index (χ3v) is 1.91. The van der Waals surface area contributed by atoms with Crippen molar-refractivity contribution in [2.45, 2.75) is 6.17 Å². The minimum absolute atomic E-state index is 0.288. The molecule has 1 heterocycles. The molecule has 3 amide bonds. The van der Waals surface area contributed by atoms with Crippen LogP contribution in [-0.2, 0) is 4.79 Å². The third-order valence-electron chi connectivity index (χ3n) is 1.91. The van der Waals surface area contributed by atoms with Crippen molar-refractivity contribution in [3.8, 4) is 0 Å². The zero-order valence-corrected chi connectivity index (χ0v) is 7.76. The minimum atomic E-state index is -0.527. The molecule has 0 spiro atoms. The average molecular weight is 186 g/mol. The van der Waals surface area contributed by atoms with E-state index in [1.165, 1.54) is 0 Å². The van der Waals surface area contributed by atoms with E-state index in [9.17, 15) is 9.59 Å². The summed E-state index contributed by atoms with van der Waals surface area (Å²) in [5, 5.41) is 7.65. The molecule has 1 rings (SSSR count). The average Bonchev–Trinajstić information content (AvgIpc) is 2.41. The maximum atomic E-state index is 11.1. The second-order valence-electron chi connectivity index (χ2n) is 2.95. The van der Waals surface area contributed by atoms with Crippen LogP contribution < -0.4 is 16.0 Å². The summed E-state index contributed by atoms with van der Waals surface area (Å²) >= 11 is 0. The standard InChI is InChI=1S/C7H14N4O2/c1-8-3-4-11(2)5-6(12)10-7(13)9-5/h5,8H,3-4H2,1-2H3,(H2,9,10,12,13). The van der Waals surface area contributed by atoms with E-state index in [0.29, 0.717) is 6.54 Å². The molecule has 1 aliphatic heterocycles. The second-order valence-corrected chi connectivity index (χ2v) is 2.95. The van der Waals surface area contributed by atoms with Crippen LogP contribution in [0.3, 0.4) is 0 Å². The number of hydrogen-bond acceptors (Lipinski definition) is 4. The number of likely N-dealkylation sites (N-methyl/N-ethyl adjacent to an activating group) is 2. The predicted octanol–water partition coefficient (Wildman–Crippen LogP) is -1.70. The summed E-state index contributed by atoms with van der Waals surface area (Å²) < 4.78 is 0. The number of hydrogen-bond donors (Lipinski definition) is 3. The van der Waals surface area contributed by atoms with Crippen molar-refractivity contribution in [1.82, 2.24) is 20.9 Å². The van der Waals surface area contributed by atoms with Crippen LogP contribution in [0.5, 0.6) is 0 Å². The maximum absolute atomic E-state index is 11.1. The van der Waals surface area contributed by atoms with Gasteiger partial charge in [0.2, 0.25) is 0 Å². The summed E-state index contributed by atoms with van der Waals surface area (Å²) in [7, 11) is 3.62. The van der Waals surface area contributed by atoms with Crippen LogP contribution in [-0.4, -0.2) is 50.2 Å². The van der Waals surface area contributed by atoms with Crippen molar-refractivity contribution >= 4 is 11.9 Å². The van der Waals surface area contributed by atoms with Crippen LogP contribution in [0.2, 0.25) is 0 Å². The monoisotopic (exact) mass is 186 g/mol. The first-order valence-corrected chi connectivity index (χ1v) is 4.11. The topological polar surface area (TPSA) is 73.5 Å². The van der Waals surface area contributed by atoms with E-state index in [0.717, 1.165) is 6.54 Å². The summed E-state index contributed by atoms with van der Waals surface area (Å²) in [6.07, 6.45) is -0.527. The number of amides is 3. The SMILES string of the molecule is CNCCN(C)C1NC(=O)NC1=O. The van der Waals surface area contributed by atoms with Gasteiger partial charge in [-0.3, -0.25) is 15.0 Å². The Hall–Kier alpha value is -1.14. The van der Waals surface area contributed by atoms with Crippen molar-refractivity contribution in [2.24, 2.45) is 0 Å². The minimum Gasteiger partial charge on any atom is -0.318 e. The first kappa shape index (κ1) is 9.94. The Balaban J connectivity index is 2.42. The first-order chi connectivity index (χ1) is 6.15. The lowest BCUT2D eigenvalue weighted by Gasteiger charge is -2.20. The Kier molecular flexibility index (Phi) is 3.21. The van der Waals surface area contributed by atoms with Crippen molar-refractivity contribution in [3.63, 3.8) is 0 Å². The van der Waals surface area contributed by atoms with Gasteiger partial charge in [-0.1, -0.05) is 0 Å². The highest BCUT2D eigenvalue weighted by Crippen LogP contribution is 1.97. The Bertz CT molecular complexity index is 219. The van der Waals surface area contributed by atoms with Gasteiger partial charge < -0.3 is 10.6 Å².